The lowest BCUT2D eigenvalue weighted by Crippen LogP contribution is -2.39. The van der Waals surface area contributed by atoms with Crippen LogP contribution in [0.25, 0.3) is 0 Å². The van der Waals surface area contributed by atoms with Gasteiger partial charge in [-0.05, 0) is 43.1 Å². The van der Waals surface area contributed by atoms with Crippen molar-refractivity contribution in [2.24, 2.45) is 0 Å². The first-order valence-electron chi connectivity index (χ1n) is 5.72. The smallest absolute Gasteiger partial charge is 0.335 e. The van der Waals surface area contributed by atoms with Crippen molar-refractivity contribution in [1.82, 2.24) is 4.90 Å². The highest BCUT2D eigenvalue weighted by molar-refractivity contribution is 5.87. The van der Waals surface area contributed by atoms with Gasteiger partial charge in [-0.1, -0.05) is 19.1 Å². The van der Waals surface area contributed by atoms with E-state index in [4.69, 9.17) is 5.11 Å². The van der Waals surface area contributed by atoms with Crippen LogP contribution in [-0.2, 0) is 0 Å². The largest absolute Gasteiger partial charge is 0.478 e. The van der Waals surface area contributed by atoms with Gasteiger partial charge in [0.25, 0.3) is 0 Å². The Bertz CT molecular complexity index is 368. The van der Waals surface area contributed by atoms with Crippen molar-refractivity contribution in [1.29, 1.82) is 0 Å². The van der Waals surface area contributed by atoms with E-state index in [9.17, 15) is 4.79 Å². The fourth-order valence-electron chi connectivity index (χ4n) is 2.01. The minimum atomic E-state index is -0.859. The number of rotatable bonds is 4. The molecule has 1 unspecified atom stereocenters. The molecule has 1 N–H and O–H groups in total. The van der Waals surface area contributed by atoms with E-state index in [1.165, 1.54) is 25.1 Å². The van der Waals surface area contributed by atoms with Crippen LogP contribution >= 0.6 is 0 Å². The number of carbonyl (C=O) groups is 1. The standard InChI is InChI=1S/C13H17NO2/c1-10(9-14-7-2-8-14)11-3-5-12(6-4-11)13(15)16/h3-6,10H,2,7-9H2,1H3,(H,15,16). The lowest BCUT2D eigenvalue weighted by Gasteiger charge is -2.33. The minimum absolute atomic E-state index is 0.361. The predicted molar refractivity (Wildman–Crippen MR) is 62.9 cm³/mol. The summed E-state index contributed by atoms with van der Waals surface area (Å²) in [7, 11) is 0. The first-order chi connectivity index (χ1) is 7.66. The van der Waals surface area contributed by atoms with Crippen LogP contribution in [0.15, 0.2) is 24.3 Å². The summed E-state index contributed by atoms with van der Waals surface area (Å²) < 4.78 is 0. The third kappa shape index (κ3) is 2.42. The summed E-state index contributed by atoms with van der Waals surface area (Å²) in [5.74, 6) is -0.384. The Morgan fingerprint density at radius 1 is 1.38 bits per heavy atom. The molecule has 16 heavy (non-hydrogen) atoms. The number of benzene rings is 1. The van der Waals surface area contributed by atoms with Crippen LogP contribution in [0.3, 0.4) is 0 Å². The second-order valence-electron chi connectivity index (χ2n) is 4.48. The van der Waals surface area contributed by atoms with Crippen molar-refractivity contribution >= 4 is 5.97 Å². The van der Waals surface area contributed by atoms with Gasteiger partial charge in [0.15, 0.2) is 0 Å². The molecule has 1 saturated heterocycles. The Hall–Kier alpha value is -1.35. The van der Waals surface area contributed by atoms with Gasteiger partial charge in [0.2, 0.25) is 0 Å². The van der Waals surface area contributed by atoms with E-state index in [0.29, 0.717) is 11.5 Å². The molecular formula is C13H17NO2. The zero-order chi connectivity index (χ0) is 11.5. The molecule has 2 rings (SSSR count). The van der Waals surface area contributed by atoms with Crippen molar-refractivity contribution in [3.8, 4) is 0 Å². The molecule has 0 aromatic heterocycles. The van der Waals surface area contributed by atoms with Crippen LogP contribution in [0.5, 0.6) is 0 Å². The van der Waals surface area contributed by atoms with Crippen LogP contribution in [-0.4, -0.2) is 35.6 Å². The van der Waals surface area contributed by atoms with Crippen molar-refractivity contribution in [3.63, 3.8) is 0 Å². The second kappa shape index (κ2) is 4.66. The van der Waals surface area contributed by atoms with E-state index in [1.54, 1.807) is 12.1 Å². The predicted octanol–water partition coefficient (Wildman–Crippen LogP) is 2.19. The molecule has 1 atom stereocenters. The summed E-state index contributed by atoms with van der Waals surface area (Å²) >= 11 is 0. The molecule has 1 fully saturated rings. The number of likely N-dealkylation sites (tertiary alicyclic amines) is 1. The monoisotopic (exact) mass is 219 g/mol. The lowest BCUT2D eigenvalue weighted by atomic mass is 9.98. The molecule has 3 heteroatoms. The van der Waals surface area contributed by atoms with E-state index in [0.717, 1.165) is 6.54 Å². The number of hydrogen-bond acceptors (Lipinski definition) is 2. The third-order valence-corrected chi connectivity index (χ3v) is 3.21. The summed E-state index contributed by atoms with van der Waals surface area (Å²) in [6.07, 6.45) is 1.31. The zero-order valence-corrected chi connectivity index (χ0v) is 9.52. The third-order valence-electron chi connectivity index (χ3n) is 3.21. The summed E-state index contributed by atoms with van der Waals surface area (Å²) in [5, 5.41) is 8.80. The molecule has 3 nitrogen and oxygen atoms in total. The van der Waals surface area contributed by atoms with Gasteiger partial charge < -0.3 is 10.0 Å². The average molecular weight is 219 g/mol. The van der Waals surface area contributed by atoms with E-state index < -0.39 is 5.97 Å². The molecule has 1 aliphatic heterocycles. The maximum Gasteiger partial charge on any atom is 0.335 e. The summed E-state index contributed by atoms with van der Waals surface area (Å²) in [5.41, 5.74) is 1.58. The van der Waals surface area contributed by atoms with Crippen LogP contribution in [0, 0.1) is 0 Å². The van der Waals surface area contributed by atoms with E-state index in [2.05, 4.69) is 11.8 Å². The Morgan fingerprint density at radius 3 is 2.44 bits per heavy atom. The zero-order valence-electron chi connectivity index (χ0n) is 9.52. The molecule has 1 aromatic rings. The van der Waals surface area contributed by atoms with Crippen molar-refractivity contribution in [2.75, 3.05) is 19.6 Å². The highest BCUT2D eigenvalue weighted by Crippen LogP contribution is 2.19. The molecular weight excluding hydrogens is 202 g/mol. The van der Waals surface area contributed by atoms with Crippen molar-refractivity contribution in [2.45, 2.75) is 19.3 Å². The maximum atomic E-state index is 10.7. The normalized spacial score (nSPS) is 17.8. The minimum Gasteiger partial charge on any atom is -0.478 e. The molecule has 0 bridgehead atoms. The van der Waals surface area contributed by atoms with Gasteiger partial charge >= 0.3 is 5.97 Å². The molecule has 0 amide bonds. The highest BCUT2D eigenvalue weighted by Gasteiger charge is 2.17. The van der Waals surface area contributed by atoms with Gasteiger partial charge in [0, 0.05) is 6.54 Å². The lowest BCUT2D eigenvalue weighted by molar-refractivity contribution is 0.0697. The Labute approximate surface area is 95.7 Å². The highest BCUT2D eigenvalue weighted by atomic mass is 16.4. The van der Waals surface area contributed by atoms with Crippen LogP contribution in [0.4, 0.5) is 0 Å². The number of carboxylic acids is 1. The average Bonchev–Trinajstić information content (AvgIpc) is 2.23. The van der Waals surface area contributed by atoms with Crippen LogP contribution in [0.2, 0.25) is 0 Å². The van der Waals surface area contributed by atoms with E-state index in [-0.39, 0.29) is 0 Å². The van der Waals surface area contributed by atoms with Gasteiger partial charge in [-0.25, -0.2) is 4.79 Å². The van der Waals surface area contributed by atoms with Gasteiger partial charge in [-0.15, -0.1) is 0 Å². The molecule has 0 spiro atoms. The molecule has 1 heterocycles. The van der Waals surface area contributed by atoms with E-state index >= 15 is 0 Å². The molecule has 0 radical (unpaired) electrons. The molecule has 0 aliphatic carbocycles. The number of nitrogens with zero attached hydrogens (tertiary/aromatic N) is 1. The Balaban J connectivity index is 1.99. The quantitative estimate of drug-likeness (QED) is 0.844. The summed E-state index contributed by atoms with van der Waals surface area (Å²) in [6, 6.07) is 7.22. The van der Waals surface area contributed by atoms with Gasteiger partial charge in [-0.2, -0.15) is 0 Å². The molecule has 1 aliphatic rings. The SMILES string of the molecule is CC(CN1CCC1)c1ccc(C(=O)O)cc1. The van der Waals surface area contributed by atoms with Crippen molar-refractivity contribution in [3.05, 3.63) is 35.4 Å². The van der Waals surface area contributed by atoms with Crippen molar-refractivity contribution < 1.29 is 9.90 Å². The van der Waals surface area contributed by atoms with Gasteiger partial charge in [0.1, 0.15) is 0 Å². The second-order valence-corrected chi connectivity index (χ2v) is 4.48. The van der Waals surface area contributed by atoms with Gasteiger partial charge in [0.05, 0.1) is 5.56 Å². The first kappa shape index (κ1) is 11.1. The van der Waals surface area contributed by atoms with Crippen LogP contribution < -0.4 is 0 Å². The Kier molecular flexibility index (Phi) is 3.25. The number of hydrogen-bond donors (Lipinski definition) is 1. The first-order valence-corrected chi connectivity index (χ1v) is 5.72. The topological polar surface area (TPSA) is 40.5 Å². The fourth-order valence-corrected chi connectivity index (χ4v) is 2.01. The summed E-state index contributed by atoms with van der Waals surface area (Å²) in [6.45, 7) is 5.68. The Morgan fingerprint density at radius 2 is 2.00 bits per heavy atom. The maximum absolute atomic E-state index is 10.7. The fraction of sp³-hybridized carbons (Fsp3) is 0.462. The molecule has 1 aromatic carbocycles. The number of carboxylic acid groups (broad SMARTS) is 1. The van der Waals surface area contributed by atoms with Gasteiger partial charge in [-0.3, -0.25) is 0 Å². The summed E-state index contributed by atoms with van der Waals surface area (Å²) in [4.78, 5) is 13.1. The van der Waals surface area contributed by atoms with Crippen LogP contribution in [0.1, 0.15) is 35.2 Å². The molecule has 0 saturated carbocycles. The number of aromatic carboxylic acids is 1. The van der Waals surface area contributed by atoms with E-state index in [1.807, 2.05) is 12.1 Å². The molecule has 86 valence electrons.